The van der Waals surface area contributed by atoms with E-state index in [9.17, 15) is 9.70 Å². The highest BCUT2D eigenvalue weighted by molar-refractivity contribution is 5.75. The highest BCUT2D eigenvalue weighted by Crippen LogP contribution is 2.16. The molecule has 5 nitrogen and oxygen atoms in total. The second kappa shape index (κ2) is 9.45. The molecular weight excluding hydrogens is 304 g/mol. The smallest absolute Gasteiger partial charge is 0.330 e. The predicted octanol–water partition coefficient (Wildman–Crippen LogP) is 3.73. The van der Waals surface area contributed by atoms with E-state index in [1.54, 1.807) is 6.92 Å². The summed E-state index contributed by atoms with van der Waals surface area (Å²) in [7, 11) is 0. The van der Waals surface area contributed by atoms with Gasteiger partial charge in [0.2, 0.25) is 0 Å². The third kappa shape index (κ3) is 5.19. The average molecular weight is 326 g/mol. The minimum Gasteiger partial charge on any atom is -0.464 e. The van der Waals surface area contributed by atoms with Crippen molar-refractivity contribution in [2.45, 2.75) is 32.4 Å². The van der Waals surface area contributed by atoms with Crippen molar-refractivity contribution in [2.24, 2.45) is 5.29 Å². The van der Waals surface area contributed by atoms with E-state index in [2.05, 4.69) is 5.29 Å². The molecule has 0 aliphatic carbocycles. The summed E-state index contributed by atoms with van der Waals surface area (Å²) >= 11 is 0. The van der Waals surface area contributed by atoms with Crippen LogP contribution in [0.5, 0.6) is 0 Å². The number of carbonyl (C=O) groups is 1. The molecule has 0 N–H and O–H groups in total. The summed E-state index contributed by atoms with van der Waals surface area (Å²) in [5.41, 5.74) is 2.03. The van der Waals surface area contributed by atoms with Gasteiger partial charge in [-0.15, -0.1) is 4.91 Å². The summed E-state index contributed by atoms with van der Waals surface area (Å²) in [5, 5.41) is 4.36. The van der Waals surface area contributed by atoms with E-state index in [-0.39, 0.29) is 13.2 Å². The molecule has 1 atom stereocenters. The van der Waals surface area contributed by atoms with Crippen LogP contribution in [0.15, 0.2) is 65.9 Å². The minimum atomic E-state index is -0.692. The van der Waals surface area contributed by atoms with Crippen molar-refractivity contribution >= 4 is 5.97 Å². The molecule has 0 amide bonds. The average Bonchev–Trinajstić information content (AvgIpc) is 2.63. The summed E-state index contributed by atoms with van der Waals surface area (Å²) in [4.78, 5) is 23.6. The molecule has 0 unspecified atom stereocenters. The fourth-order valence-electron chi connectivity index (χ4n) is 2.54. The van der Waals surface area contributed by atoms with Gasteiger partial charge in [-0.2, -0.15) is 0 Å². The lowest BCUT2D eigenvalue weighted by Crippen LogP contribution is -2.38. The second-order valence-corrected chi connectivity index (χ2v) is 5.46. The van der Waals surface area contributed by atoms with E-state index in [4.69, 9.17) is 4.74 Å². The van der Waals surface area contributed by atoms with E-state index < -0.39 is 12.0 Å². The third-order valence-electron chi connectivity index (χ3n) is 3.76. The topological polar surface area (TPSA) is 59.0 Å². The minimum absolute atomic E-state index is 0.276. The van der Waals surface area contributed by atoms with Crippen LogP contribution in [0.2, 0.25) is 0 Å². The Kier molecular flexibility index (Phi) is 6.95. The van der Waals surface area contributed by atoms with Gasteiger partial charge in [0.05, 0.1) is 18.4 Å². The first kappa shape index (κ1) is 17.7. The van der Waals surface area contributed by atoms with E-state index >= 15 is 0 Å². The number of carbonyl (C=O) groups excluding carboxylic acids is 1. The maximum atomic E-state index is 12.3. The molecule has 2 aromatic rings. The number of nitroso groups, excluding NO2 is 1. The normalized spacial score (nSPS) is 11.5. The quantitative estimate of drug-likeness (QED) is 0.400. The van der Waals surface area contributed by atoms with E-state index in [0.29, 0.717) is 12.8 Å². The van der Waals surface area contributed by atoms with Crippen LogP contribution < -0.4 is 0 Å². The van der Waals surface area contributed by atoms with Gasteiger partial charge in [-0.25, -0.2) is 9.80 Å². The highest BCUT2D eigenvalue weighted by atomic mass is 16.5. The molecule has 0 radical (unpaired) electrons. The zero-order valence-corrected chi connectivity index (χ0v) is 13.8. The van der Waals surface area contributed by atoms with Gasteiger partial charge in [0.1, 0.15) is 6.04 Å². The van der Waals surface area contributed by atoms with Gasteiger partial charge in [0, 0.05) is 0 Å². The van der Waals surface area contributed by atoms with E-state index in [0.717, 1.165) is 11.1 Å². The molecule has 0 spiro atoms. The van der Waals surface area contributed by atoms with Crippen molar-refractivity contribution in [3.63, 3.8) is 0 Å². The van der Waals surface area contributed by atoms with E-state index in [1.807, 2.05) is 60.7 Å². The van der Waals surface area contributed by atoms with Crippen LogP contribution in [0, 0.1) is 4.91 Å². The molecule has 0 saturated carbocycles. The van der Waals surface area contributed by atoms with Crippen LogP contribution in [0.3, 0.4) is 0 Å². The number of ether oxygens (including phenoxy) is 1. The number of benzene rings is 2. The number of nitrogens with zero attached hydrogens (tertiary/aromatic N) is 2. The summed E-state index contributed by atoms with van der Waals surface area (Å²) < 4.78 is 5.13. The molecule has 126 valence electrons. The molecule has 0 saturated heterocycles. The Bertz CT molecular complexity index is 632. The van der Waals surface area contributed by atoms with Gasteiger partial charge in [-0.05, 0) is 30.9 Å². The van der Waals surface area contributed by atoms with Crippen molar-refractivity contribution in [3.05, 3.63) is 76.7 Å². The van der Waals surface area contributed by atoms with Crippen molar-refractivity contribution < 1.29 is 9.53 Å². The van der Waals surface area contributed by atoms with Crippen LogP contribution >= 0.6 is 0 Å². The molecule has 0 aliphatic heterocycles. The lowest BCUT2D eigenvalue weighted by molar-refractivity contribution is -0.150. The Morgan fingerprint density at radius 1 is 1.04 bits per heavy atom. The Labute approximate surface area is 142 Å². The molecule has 5 heteroatoms. The zero-order valence-electron chi connectivity index (χ0n) is 13.8. The molecule has 24 heavy (non-hydrogen) atoms. The van der Waals surface area contributed by atoms with Gasteiger partial charge in [-0.3, -0.25) is 0 Å². The Hall–Kier alpha value is -2.69. The van der Waals surface area contributed by atoms with Gasteiger partial charge in [0.25, 0.3) is 0 Å². The molecule has 0 fully saturated rings. The molecule has 2 aromatic carbocycles. The first-order chi connectivity index (χ1) is 11.7. The maximum absolute atomic E-state index is 12.3. The number of esters is 1. The number of rotatable bonds is 9. The van der Waals surface area contributed by atoms with Crippen molar-refractivity contribution in [1.82, 2.24) is 5.01 Å². The Morgan fingerprint density at radius 2 is 1.62 bits per heavy atom. The monoisotopic (exact) mass is 326 g/mol. The molecule has 2 rings (SSSR count). The van der Waals surface area contributed by atoms with Crippen LogP contribution in [0.25, 0.3) is 0 Å². The first-order valence-electron chi connectivity index (χ1n) is 8.09. The standard InChI is InChI=1S/C19H22N2O3/c1-2-24-19(22)18(14-13-16-9-5-3-6-10-16)21(20-23)15-17-11-7-4-8-12-17/h3-12,18H,2,13-15H2,1H3/t18-/m0/s1. The lowest BCUT2D eigenvalue weighted by Gasteiger charge is -2.24. The summed E-state index contributed by atoms with van der Waals surface area (Å²) in [6.45, 7) is 2.31. The molecule has 0 aliphatic rings. The lowest BCUT2D eigenvalue weighted by atomic mass is 10.0. The Morgan fingerprint density at radius 3 is 2.17 bits per heavy atom. The SMILES string of the molecule is CCOC(=O)[C@H](CCc1ccccc1)N(Cc1ccccc1)N=O. The van der Waals surface area contributed by atoms with Gasteiger partial charge in [-0.1, -0.05) is 60.7 Å². The van der Waals surface area contributed by atoms with Crippen molar-refractivity contribution in [1.29, 1.82) is 0 Å². The summed E-state index contributed by atoms with van der Waals surface area (Å²) in [6.07, 6.45) is 1.15. The van der Waals surface area contributed by atoms with Gasteiger partial charge < -0.3 is 4.74 Å². The fourth-order valence-corrected chi connectivity index (χ4v) is 2.54. The fraction of sp³-hybridized carbons (Fsp3) is 0.316. The molecule has 0 aromatic heterocycles. The Balaban J connectivity index is 2.10. The van der Waals surface area contributed by atoms with Gasteiger partial charge in [0.15, 0.2) is 0 Å². The maximum Gasteiger partial charge on any atom is 0.330 e. The molecule has 0 bridgehead atoms. The predicted molar refractivity (Wildman–Crippen MR) is 93.0 cm³/mol. The summed E-state index contributed by atoms with van der Waals surface area (Å²) in [6, 6.07) is 18.6. The molecular formula is C19H22N2O3. The van der Waals surface area contributed by atoms with Crippen LogP contribution in [0.4, 0.5) is 0 Å². The first-order valence-corrected chi connectivity index (χ1v) is 8.09. The van der Waals surface area contributed by atoms with Crippen LogP contribution in [-0.4, -0.2) is 23.6 Å². The highest BCUT2D eigenvalue weighted by Gasteiger charge is 2.27. The largest absolute Gasteiger partial charge is 0.464 e. The second-order valence-electron chi connectivity index (χ2n) is 5.46. The van der Waals surface area contributed by atoms with E-state index in [1.165, 1.54) is 5.01 Å². The zero-order chi connectivity index (χ0) is 17.2. The van der Waals surface area contributed by atoms with Crippen molar-refractivity contribution in [2.75, 3.05) is 6.61 Å². The van der Waals surface area contributed by atoms with Crippen molar-refractivity contribution in [3.8, 4) is 0 Å². The molecule has 0 heterocycles. The number of hydrogen-bond acceptors (Lipinski definition) is 4. The summed E-state index contributed by atoms with van der Waals surface area (Å²) in [5.74, 6) is -0.413. The number of aryl methyl sites for hydroxylation is 1. The van der Waals surface area contributed by atoms with Crippen LogP contribution in [0.1, 0.15) is 24.5 Å². The van der Waals surface area contributed by atoms with Gasteiger partial charge >= 0.3 is 5.97 Å². The number of hydrogen-bond donors (Lipinski definition) is 0. The van der Waals surface area contributed by atoms with Crippen LogP contribution in [-0.2, 0) is 22.5 Å². The third-order valence-corrected chi connectivity index (χ3v) is 3.76.